The maximum Gasteiger partial charge on any atom is 0.165 e. The van der Waals surface area contributed by atoms with Crippen molar-refractivity contribution in [1.82, 2.24) is 0 Å². The molecule has 4 nitrogen and oxygen atoms in total. The first-order chi connectivity index (χ1) is 29.4. The fourth-order valence-electron chi connectivity index (χ4n) is 9.35. The van der Waals surface area contributed by atoms with Crippen LogP contribution in [0.2, 0.25) is 0 Å². The van der Waals surface area contributed by atoms with Crippen LogP contribution < -0.4 is 0 Å². The van der Waals surface area contributed by atoms with Gasteiger partial charge >= 0.3 is 0 Å². The van der Waals surface area contributed by atoms with Crippen LogP contribution in [0, 0.1) is 23.7 Å². The maximum atomic E-state index is 13.7. The first-order valence-corrected chi connectivity index (χ1v) is 27.7. The number of hydrogen-bond donors (Lipinski definition) is 1. The summed E-state index contributed by atoms with van der Waals surface area (Å²) in [5, 5.41) is 11.7. The predicted octanol–water partition coefficient (Wildman–Crippen LogP) is 18.4. The summed E-state index contributed by atoms with van der Waals surface area (Å²) in [5.41, 5.74) is -1.91. The number of carbonyl (C=O) groups excluding carboxylic acids is 3. The first-order valence-electron chi connectivity index (χ1n) is 27.7. The van der Waals surface area contributed by atoms with Crippen molar-refractivity contribution in [3.8, 4) is 0 Å². The molecule has 61 heavy (non-hydrogen) atoms. The highest BCUT2D eigenvalue weighted by molar-refractivity contribution is 6.08. The molecule has 0 aromatic heterocycles. The zero-order valence-corrected chi connectivity index (χ0v) is 42.7. The van der Waals surface area contributed by atoms with Gasteiger partial charge in [-0.2, -0.15) is 0 Å². The van der Waals surface area contributed by atoms with E-state index in [1.54, 1.807) is 0 Å². The molecule has 0 bridgehead atoms. The first kappa shape index (κ1) is 60.0. The van der Waals surface area contributed by atoms with E-state index in [4.69, 9.17) is 0 Å². The molecule has 4 heteroatoms. The van der Waals surface area contributed by atoms with E-state index in [1.807, 2.05) is 0 Å². The average Bonchev–Trinajstić information content (AvgIpc) is 3.20. The van der Waals surface area contributed by atoms with Crippen molar-refractivity contribution in [3.63, 3.8) is 0 Å². The van der Waals surface area contributed by atoms with E-state index in [0.29, 0.717) is 0 Å². The van der Waals surface area contributed by atoms with Crippen molar-refractivity contribution < 1.29 is 19.5 Å². The van der Waals surface area contributed by atoms with Crippen LogP contribution in [-0.2, 0) is 14.4 Å². The molecule has 0 saturated carbocycles. The van der Waals surface area contributed by atoms with Gasteiger partial charge in [0.2, 0.25) is 0 Å². The van der Waals surface area contributed by atoms with Crippen LogP contribution in [0.3, 0.4) is 0 Å². The molecular weight excluding hydrogens is 749 g/mol. The SMILES string of the molecule is CC(C)CCCCCCCCCCCCCCC(=O)C(C(=O)CCCCCCCCCCCCCCC(C)C)C(C)(O)C(=O)CCCCCCCCCCCCCCC(C)C. The molecule has 0 aliphatic rings. The molecule has 1 unspecified atom stereocenters. The smallest absolute Gasteiger partial charge is 0.165 e. The van der Waals surface area contributed by atoms with E-state index in [1.165, 1.54) is 200 Å². The van der Waals surface area contributed by atoms with E-state index >= 15 is 0 Å². The third-order valence-corrected chi connectivity index (χ3v) is 13.6. The van der Waals surface area contributed by atoms with Gasteiger partial charge < -0.3 is 5.11 Å². The molecule has 0 heterocycles. The number of unbranched alkanes of at least 4 members (excludes halogenated alkanes) is 33. The zero-order chi connectivity index (χ0) is 45.2. The number of Topliss-reactive ketones (excluding diaryl/α,β-unsaturated/α-hetero) is 3. The molecule has 362 valence electrons. The highest BCUT2D eigenvalue weighted by Crippen LogP contribution is 2.28. The van der Waals surface area contributed by atoms with Gasteiger partial charge in [0.15, 0.2) is 5.78 Å². The number of ketones is 3. The van der Waals surface area contributed by atoms with Gasteiger partial charge in [-0.25, -0.2) is 0 Å². The van der Waals surface area contributed by atoms with E-state index in [-0.39, 0.29) is 36.6 Å². The number of hydrogen-bond acceptors (Lipinski definition) is 4. The van der Waals surface area contributed by atoms with Crippen molar-refractivity contribution in [2.75, 3.05) is 0 Å². The van der Waals surface area contributed by atoms with Gasteiger partial charge in [0.25, 0.3) is 0 Å². The molecule has 0 aromatic rings. The van der Waals surface area contributed by atoms with Crippen molar-refractivity contribution >= 4 is 17.3 Å². The standard InChI is InChI=1S/C57H110O4/c1-50(2)44-38-32-26-20-14-8-11-17-23-29-35-41-47-53(58)56(54(59)48-42-36-30-24-18-12-9-15-21-27-33-39-45-51(3)4)57(7,61)55(60)49-43-37-31-25-19-13-10-16-22-28-34-40-46-52(5)6/h50-52,56,61H,8-49H2,1-7H3. The third-order valence-electron chi connectivity index (χ3n) is 13.6. The molecule has 0 aliphatic carbocycles. The topological polar surface area (TPSA) is 71.4 Å². The van der Waals surface area contributed by atoms with Crippen LogP contribution in [-0.4, -0.2) is 28.1 Å². The van der Waals surface area contributed by atoms with Gasteiger partial charge in [-0.15, -0.1) is 0 Å². The lowest BCUT2D eigenvalue weighted by Gasteiger charge is -2.30. The Hall–Kier alpha value is -1.03. The van der Waals surface area contributed by atoms with Crippen molar-refractivity contribution in [1.29, 1.82) is 0 Å². The average molecular weight is 860 g/mol. The predicted molar refractivity (Wildman–Crippen MR) is 268 cm³/mol. The highest BCUT2D eigenvalue weighted by atomic mass is 16.3. The van der Waals surface area contributed by atoms with Crippen LogP contribution in [0.5, 0.6) is 0 Å². The Morgan fingerprint density at radius 1 is 0.311 bits per heavy atom. The fraction of sp³-hybridized carbons (Fsp3) is 0.947. The minimum Gasteiger partial charge on any atom is -0.381 e. The lowest BCUT2D eigenvalue weighted by molar-refractivity contribution is -0.155. The Balaban J connectivity index is 4.62. The van der Waals surface area contributed by atoms with Gasteiger partial charge in [0.05, 0.1) is 0 Å². The number of carbonyl (C=O) groups is 3. The fourth-order valence-corrected chi connectivity index (χ4v) is 9.35. The van der Waals surface area contributed by atoms with Crippen molar-refractivity contribution in [2.45, 2.75) is 324 Å². The van der Waals surface area contributed by atoms with E-state index in [0.717, 1.165) is 75.5 Å². The Bertz CT molecular complexity index is 932. The summed E-state index contributed by atoms with van der Waals surface area (Å²) in [6.07, 6.45) is 49.0. The van der Waals surface area contributed by atoms with Crippen LogP contribution in [0.15, 0.2) is 0 Å². The Morgan fingerprint density at radius 3 is 0.705 bits per heavy atom. The summed E-state index contributed by atoms with van der Waals surface area (Å²) in [6, 6.07) is 0. The highest BCUT2D eigenvalue weighted by Gasteiger charge is 2.46. The lowest BCUT2D eigenvalue weighted by atomic mass is 9.76. The minimum absolute atomic E-state index is 0.216. The largest absolute Gasteiger partial charge is 0.381 e. The molecule has 0 spiro atoms. The molecule has 0 saturated heterocycles. The van der Waals surface area contributed by atoms with Crippen molar-refractivity contribution in [2.24, 2.45) is 23.7 Å². The van der Waals surface area contributed by atoms with Gasteiger partial charge in [-0.3, -0.25) is 14.4 Å². The molecule has 0 fully saturated rings. The van der Waals surface area contributed by atoms with Crippen molar-refractivity contribution in [3.05, 3.63) is 0 Å². The van der Waals surface area contributed by atoms with Gasteiger partial charge in [-0.05, 0) is 43.9 Å². The summed E-state index contributed by atoms with van der Waals surface area (Å²) >= 11 is 0. The van der Waals surface area contributed by atoms with E-state index in [2.05, 4.69) is 41.5 Å². The van der Waals surface area contributed by atoms with E-state index in [9.17, 15) is 19.5 Å². The van der Waals surface area contributed by atoms with Gasteiger partial charge in [0, 0.05) is 19.3 Å². The van der Waals surface area contributed by atoms with Gasteiger partial charge in [0.1, 0.15) is 23.1 Å². The summed E-state index contributed by atoms with van der Waals surface area (Å²) in [6.45, 7) is 15.3. The summed E-state index contributed by atoms with van der Waals surface area (Å²) in [7, 11) is 0. The molecular formula is C57H110O4. The Labute approximate surface area is 382 Å². The number of aliphatic hydroxyl groups is 1. The van der Waals surface area contributed by atoms with Crippen LogP contribution in [0.4, 0.5) is 0 Å². The normalized spacial score (nSPS) is 13.0. The van der Waals surface area contributed by atoms with Crippen LogP contribution in [0.1, 0.15) is 318 Å². The minimum atomic E-state index is -1.91. The second-order valence-corrected chi connectivity index (χ2v) is 21.5. The second kappa shape index (κ2) is 42.9. The quantitative estimate of drug-likeness (QED) is 0.0489. The Kier molecular flexibility index (Phi) is 42.2. The van der Waals surface area contributed by atoms with Gasteiger partial charge in [-0.1, -0.05) is 273 Å². The molecule has 0 amide bonds. The molecule has 1 atom stereocenters. The second-order valence-electron chi connectivity index (χ2n) is 21.5. The molecule has 0 aromatic carbocycles. The summed E-state index contributed by atoms with van der Waals surface area (Å²) in [5.74, 6) is 0.511. The monoisotopic (exact) mass is 859 g/mol. The molecule has 0 radical (unpaired) electrons. The Morgan fingerprint density at radius 2 is 0.492 bits per heavy atom. The maximum absolute atomic E-state index is 13.7. The summed E-state index contributed by atoms with van der Waals surface area (Å²) < 4.78 is 0. The zero-order valence-electron chi connectivity index (χ0n) is 42.7. The van der Waals surface area contributed by atoms with E-state index < -0.39 is 11.5 Å². The lowest BCUT2D eigenvalue weighted by Crippen LogP contribution is -2.50. The number of rotatable bonds is 49. The third kappa shape index (κ3) is 39.1. The molecule has 1 N–H and O–H groups in total. The molecule has 0 aliphatic heterocycles. The summed E-state index contributed by atoms with van der Waals surface area (Å²) in [4.78, 5) is 40.9. The molecule has 0 rings (SSSR count). The van der Waals surface area contributed by atoms with Crippen LogP contribution >= 0.6 is 0 Å². The van der Waals surface area contributed by atoms with Crippen LogP contribution in [0.25, 0.3) is 0 Å².